The van der Waals surface area contributed by atoms with E-state index in [9.17, 15) is 0 Å². The quantitative estimate of drug-likeness (QED) is 0.202. The molecule has 0 N–H and O–H groups in total. The Morgan fingerprint density at radius 3 is 2.27 bits per heavy atom. The van der Waals surface area contributed by atoms with Gasteiger partial charge in [0.15, 0.2) is 0 Å². The molecule has 1 aliphatic carbocycles. The van der Waals surface area contributed by atoms with Crippen LogP contribution in [0.4, 0.5) is 0 Å². The van der Waals surface area contributed by atoms with Crippen molar-refractivity contribution in [3.05, 3.63) is 71.0 Å². The van der Waals surface area contributed by atoms with Gasteiger partial charge in [-0.2, -0.15) is 0 Å². The summed E-state index contributed by atoms with van der Waals surface area (Å²) in [5, 5.41) is 0. The monoisotopic (exact) mass is 408 g/mol. The molecule has 0 spiro atoms. The van der Waals surface area contributed by atoms with Crippen molar-refractivity contribution in [1.29, 1.82) is 0 Å². The van der Waals surface area contributed by atoms with Crippen LogP contribution in [0.15, 0.2) is 59.9 Å². The second kappa shape index (κ2) is 12.8. The lowest BCUT2D eigenvalue weighted by Crippen LogP contribution is -2.13. The van der Waals surface area contributed by atoms with E-state index in [1.54, 1.807) is 0 Å². The van der Waals surface area contributed by atoms with Gasteiger partial charge in [-0.05, 0) is 75.5 Å². The van der Waals surface area contributed by atoms with Gasteiger partial charge in [0.05, 0.1) is 12.4 Å². The van der Waals surface area contributed by atoms with Crippen LogP contribution < -0.4 is 0 Å². The largest absolute Gasteiger partial charge is 0.498 e. The molecule has 0 radical (unpaired) electrons. The first kappa shape index (κ1) is 24.5. The van der Waals surface area contributed by atoms with Gasteiger partial charge in [-0.15, -0.1) is 0 Å². The van der Waals surface area contributed by atoms with Crippen LogP contribution in [0.3, 0.4) is 0 Å². The Morgan fingerprint density at radius 2 is 1.67 bits per heavy atom. The molecule has 1 aliphatic rings. The van der Waals surface area contributed by atoms with Crippen LogP contribution in [0.1, 0.15) is 90.7 Å². The molecule has 3 unspecified atom stereocenters. The Labute approximate surface area is 186 Å². The highest BCUT2D eigenvalue weighted by Crippen LogP contribution is 2.31. The van der Waals surface area contributed by atoms with Gasteiger partial charge in [0.1, 0.15) is 0 Å². The SMILES string of the molecule is CC(C)=C/C=C(\C)OCC1C=CC(c2ccc(CCC(C)CCC(C)C)cc2)CC1. The number of hydrogen-bond acceptors (Lipinski definition) is 1. The van der Waals surface area contributed by atoms with Gasteiger partial charge in [-0.25, -0.2) is 0 Å². The lowest BCUT2D eigenvalue weighted by molar-refractivity contribution is 0.176. The summed E-state index contributed by atoms with van der Waals surface area (Å²) < 4.78 is 5.93. The normalized spacial score (nSPS) is 20.3. The van der Waals surface area contributed by atoms with Crippen LogP contribution in [0.25, 0.3) is 0 Å². The van der Waals surface area contributed by atoms with E-state index in [4.69, 9.17) is 4.74 Å². The fourth-order valence-corrected chi connectivity index (χ4v) is 3.97. The topological polar surface area (TPSA) is 9.23 Å². The molecule has 30 heavy (non-hydrogen) atoms. The van der Waals surface area contributed by atoms with Gasteiger partial charge in [0, 0.05) is 11.8 Å². The van der Waals surface area contributed by atoms with Crippen LogP contribution in [-0.2, 0) is 11.2 Å². The van der Waals surface area contributed by atoms with Crippen molar-refractivity contribution in [2.75, 3.05) is 6.61 Å². The summed E-state index contributed by atoms with van der Waals surface area (Å²) in [6.45, 7) is 14.1. The lowest BCUT2D eigenvalue weighted by atomic mass is 9.84. The maximum Gasteiger partial charge on any atom is 0.0939 e. The summed E-state index contributed by atoms with van der Waals surface area (Å²) in [6, 6.07) is 9.41. The van der Waals surface area contributed by atoms with E-state index in [0.29, 0.717) is 11.8 Å². The first-order valence-corrected chi connectivity index (χ1v) is 12.0. The van der Waals surface area contributed by atoms with Gasteiger partial charge in [-0.1, -0.05) is 81.7 Å². The van der Waals surface area contributed by atoms with Crippen molar-refractivity contribution < 1.29 is 4.74 Å². The fourth-order valence-electron chi connectivity index (χ4n) is 3.97. The predicted octanol–water partition coefficient (Wildman–Crippen LogP) is 8.63. The van der Waals surface area contributed by atoms with Gasteiger partial charge < -0.3 is 4.74 Å². The van der Waals surface area contributed by atoms with E-state index in [2.05, 4.69) is 83.2 Å². The van der Waals surface area contributed by atoms with Crippen LogP contribution >= 0.6 is 0 Å². The maximum absolute atomic E-state index is 5.93. The average molecular weight is 409 g/mol. The molecule has 0 amide bonds. The third-order valence-electron chi connectivity index (χ3n) is 6.21. The highest BCUT2D eigenvalue weighted by atomic mass is 16.5. The molecule has 1 heteroatoms. The molecule has 2 rings (SSSR count). The summed E-state index contributed by atoms with van der Waals surface area (Å²) in [5.41, 5.74) is 4.24. The molecule has 1 aromatic carbocycles. The number of aryl methyl sites for hydroxylation is 1. The Kier molecular flexibility index (Phi) is 10.5. The number of rotatable bonds is 11. The van der Waals surface area contributed by atoms with Gasteiger partial charge in [-0.3, -0.25) is 0 Å². The molecule has 0 heterocycles. The number of ether oxygens (including phenoxy) is 1. The molecular formula is C29H44O. The van der Waals surface area contributed by atoms with Crippen molar-refractivity contribution in [1.82, 2.24) is 0 Å². The molecule has 0 aliphatic heterocycles. The zero-order valence-electron chi connectivity index (χ0n) is 20.3. The zero-order chi connectivity index (χ0) is 21.9. The van der Waals surface area contributed by atoms with Gasteiger partial charge in [0.25, 0.3) is 0 Å². The van der Waals surface area contributed by atoms with E-state index in [0.717, 1.165) is 24.2 Å². The summed E-state index contributed by atoms with van der Waals surface area (Å²) in [7, 11) is 0. The maximum atomic E-state index is 5.93. The molecular weight excluding hydrogens is 364 g/mol. The summed E-state index contributed by atoms with van der Waals surface area (Å²) in [4.78, 5) is 0. The highest BCUT2D eigenvalue weighted by molar-refractivity contribution is 5.29. The molecule has 0 bridgehead atoms. The fraction of sp³-hybridized carbons (Fsp3) is 0.586. The molecule has 0 fully saturated rings. The van der Waals surface area contributed by atoms with Gasteiger partial charge in [0.2, 0.25) is 0 Å². The number of benzene rings is 1. The highest BCUT2D eigenvalue weighted by Gasteiger charge is 2.17. The summed E-state index contributed by atoms with van der Waals surface area (Å²) in [6.07, 6.45) is 16.6. The molecule has 0 saturated heterocycles. The van der Waals surface area contributed by atoms with E-state index >= 15 is 0 Å². The molecule has 1 nitrogen and oxygen atoms in total. The average Bonchev–Trinajstić information content (AvgIpc) is 2.74. The third-order valence-corrected chi connectivity index (χ3v) is 6.21. The van der Waals surface area contributed by atoms with Crippen molar-refractivity contribution in [2.24, 2.45) is 17.8 Å². The molecule has 1 aromatic rings. The van der Waals surface area contributed by atoms with Crippen molar-refractivity contribution in [3.8, 4) is 0 Å². The molecule has 3 atom stereocenters. The Morgan fingerprint density at radius 1 is 0.933 bits per heavy atom. The van der Waals surface area contributed by atoms with E-state index in [1.165, 1.54) is 55.2 Å². The standard InChI is InChI=1S/C29H44O/c1-22(2)7-9-24(5)10-12-26-13-17-28(18-14-26)29-19-15-27(16-20-29)21-30-25(6)11-8-23(3)4/h8,11,13-15,17-19,22,24,27,29H,7,9-10,12,16,20-21H2,1-6H3/b25-11+. The van der Waals surface area contributed by atoms with Crippen LogP contribution in [0.2, 0.25) is 0 Å². The van der Waals surface area contributed by atoms with Crippen molar-refractivity contribution >= 4 is 0 Å². The first-order chi connectivity index (χ1) is 14.3. The minimum Gasteiger partial charge on any atom is -0.498 e. The van der Waals surface area contributed by atoms with E-state index < -0.39 is 0 Å². The van der Waals surface area contributed by atoms with Gasteiger partial charge >= 0.3 is 0 Å². The van der Waals surface area contributed by atoms with Crippen molar-refractivity contribution in [3.63, 3.8) is 0 Å². The Bertz CT molecular complexity index is 700. The minimum absolute atomic E-state index is 0.530. The summed E-state index contributed by atoms with van der Waals surface area (Å²) >= 11 is 0. The van der Waals surface area contributed by atoms with E-state index in [1.807, 2.05) is 6.92 Å². The van der Waals surface area contributed by atoms with Crippen LogP contribution in [0, 0.1) is 17.8 Å². The lowest BCUT2D eigenvalue weighted by Gasteiger charge is -2.23. The molecule has 0 aromatic heterocycles. The first-order valence-electron chi connectivity index (χ1n) is 12.0. The molecule has 0 saturated carbocycles. The number of allylic oxidation sites excluding steroid dienone is 5. The Hall–Kier alpha value is -1.76. The second-order valence-corrected chi connectivity index (χ2v) is 10.0. The van der Waals surface area contributed by atoms with Crippen LogP contribution in [0.5, 0.6) is 0 Å². The number of hydrogen-bond donors (Lipinski definition) is 0. The summed E-state index contributed by atoms with van der Waals surface area (Å²) in [5.74, 6) is 3.74. The smallest absolute Gasteiger partial charge is 0.0939 e. The van der Waals surface area contributed by atoms with Crippen molar-refractivity contribution in [2.45, 2.75) is 86.0 Å². The third kappa shape index (κ3) is 9.37. The molecule has 166 valence electrons. The van der Waals surface area contributed by atoms with Crippen LogP contribution in [-0.4, -0.2) is 6.61 Å². The predicted molar refractivity (Wildman–Crippen MR) is 132 cm³/mol. The zero-order valence-corrected chi connectivity index (χ0v) is 20.3. The van der Waals surface area contributed by atoms with E-state index in [-0.39, 0.29) is 0 Å². The minimum atomic E-state index is 0.530. The second-order valence-electron chi connectivity index (χ2n) is 10.0. The Balaban J connectivity index is 1.77.